The number of aliphatic carboxylic acids is 1. The average molecular weight is 461 g/mol. The first kappa shape index (κ1) is 23.5. The van der Waals surface area contributed by atoms with Gasteiger partial charge in [0.05, 0.1) is 37.6 Å². The van der Waals surface area contributed by atoms with E-state index in [0.717, 1.165) is 25.9 Å². The summed E-state index contributed by atoms with van der Waals surface area (Å²) in [6.07, 6.45) is 4.98. The van der Waals surface area contributed by atoms with Crippen LogP contribution in [0.2, 0.25) is 0 Å². The van der Waals surface area contributed by atoms with Crippen LogP contribution in [-0.2, 0) is 23.9 Å². The normalized spacial score (nSPS) is 30.6. The third-order valence-corrected chi connectivity index (χ3v) is 6.71. The molecular formula is C23H32N4O6. The number of carboxylic acids is 1. The number of rotatable bonds is 6. The Bertz CT molecular complexity index is 897. The summed E-state index contributed by atoms with van der Waals surface area (Å²) in [5, 5.41) is 15.8. The van der Waals surface area contributed by atoms with E-state index in [1.807, 2.05) is 0 Å². The van der Waals surface area contributed by atoms with E-state index in [0.29, 0.717) is 43.9 Å². The quantitative estimate of drug-likeness (QED) is 0.424. The van der Waals surface area contributed by atoms with Gasteiger partial charge in [-0.3, -0.25) is 14.5 Å². The molecule has 0 aromatic heterocycles. The summed E-state index contributed by atoms with van der Waals surface area (Å²) in [5.41, 5.74) is 7.20. The molecule has 1 saturated carbocycles. The number of ketones is 1. The number of nitrogens with one attached hydrogen (secondary N) is 2. The number of fused-ring (bicyclic) bond motifs is 1. The second-order valence-electron chi connectivity index (χ2n) is 9.00. The summed E-state index contributed by atoms with van der Waals surface area (Å²) >= 11 is 0. The number of ether oxygens (including phenoxy) is 2. The van der Waals surface area contributed by atoms with Crippen LogP contribution in [0.3, 0.4) is 0 Å². The lowest BCUT2D eigenvalue weighted by molar-refractivity contribution is -0.133. The Morgan fingerprint density at radius 3 is 2.64 bits per heavy atom. The predicted molar refractivity (Wildman–Crippen MR) is 119 cm³/mol. The van der Waals surface area contributed by atoms with Gasteiger partial charge < -0.3 is 30.9 Å². The van der Waals surface area contributed by atoms with Gasteiger partial charge in [-0.15, -0.1) is 0 Å². The van der Waals surface area contributed by atoms with E-state index in [9.17, 15) is 19.5 Å². The molecule has 33 heavy (non-hydrogen) atoms. The molecule has 1 saturated heterocycles. The molecule has 2 atom stereocenters. The van der Waals surface area contributed by atoms with Crippen LogP contribution < -0.4 is 16.4 Å². The highest BCUT2D eigenvalue weighted by Crippen LogP contribution is 2.32. The average Bonchev–Trinajstić information content (AvgIpc) is 2.77. The van der Waals surface area contributed by atoms with Crippen LogP contribution in [0.5, 0.6) is 0 Å². The molecule has 10 heteroatoms. The highest BCUT2D eigenvalue weighted by atomic mass is 16.5. The summed E-state index contributed by atoms with van der Waals surface area (Å²) in [4.78, 5) is 38.8. The molecule has 0 aromatic rings. The molecule has 2 aliphatic carbocycles. The number of morpholine rings is 1. The minimum atomic E-state index is -1.14. The molecular weight excluding hydrogens is 428 g/mol. The second kappa shape index (κ2) is 10.1. The van der Waals surface area contributed by atoms with Crippen molar-refractivity contribution in [2.45, 2.75) is 56.9 Å². The Balaban J connectivity index is 1.34. The van der Waals surface area contributed by atoms with E-state index in [1.54, 1.807) is 13.0 Å². The van der Waals surface area contributed by atoms with Gasteiger partial charge in [0.2, 0.25) is 5.91 Å². The highest BCUT2D eigenvalue weighted by Gasteiger charge is 2.40. The number of carbonyl (C=O) groups excluding carboxylic acids is 2. The fourth-order valence-corrected chi connectivity index (χ4v) is 4.97. The van der Waals surface area contributed by atoms with Crippen molar-refractivity contribution < 1.29 is 29.0 Å². The van der Waals surface area contributed by atoms with E-state index < -0.39 is 12.1 Å². The molecule has 0 radical (unpaired) electrons. The molecule has 2 heterocycles. The number of nitrogens with zero attached hydrogens (tertiary/aromatic N) is 1. The monoisotopic (exact) mass is 460 g/mol. The zero-order chi connectivity index (χ0) is 23.5. The number of allylic oxidation sites excluding steroid dienone is 1. The molecule has 2 unspecified atom stereocenters. The second-order valence-corrected chi connectivity index (χ2v) is 9.00. The number of nitrogens with two attached hydrogens (primary N) is 1. The van der Waals surface area contributed by atoms with Crippen molar-refractivity contribution in [2.24, 2.45) is 5.73 Å². The van der Waals surface area contributed by atoms with Gasteiger partial charge in [-0.1, -0.05) is 6.08 Å². The van der Waals surface area contributed by atoms with Crippen LogP contribution in [0.15, 0.2) is 34.7 Å². The van der Waals surface area contributed by atoms with E-state index in [-0.39, 0.29) is 41.1 Å². The van der Waals surface area contributed by atoms with Crippen LogP contribution in [-0.4, -0.2) is 84.8 Å². The summed E-state index contributed by atoms with van der Waals surface area (Å²) in [5.74, 6) is -1.36. The molecule has 5 N–H and O–H groups in total. The lowest BCUT2D eigenvalue weighted by atomic mass is 9.84. The van der Waals surface area contributed by atoms with Gasteiger partial charge in [0.15, 0.2) is 5.78 Å². The van der Waals surface area contributed by atoms with Crippen LogP contribution in [0.4, 0.5) is 0 Å². The fraction of sp³-hybridized carbons (Fsp3) is 0.609. The molecule has 2 fully saturated rings. The predicted octanol–water partition coefficient (Wildman–Crippen LogP) is -0.187. The van der Waals surface area contributed by atoms with Crippen molar-refractivity contribution in [3.8, 4) is 0 Å². The topological polar surface area (TPSA) is 143 Å². The molecule has 10 nitrogen and oxygen atoms in total. The standard InChI is InChI=1S/C23H32N4O6/c1-13-19(23(30)31)21(24)20-16(25-13)6-7-17(28)22(20)33-15-4-2-14(3-5-15)26-18(29)12-27-8-10-32-11-9-27/h6-7,14-16,22,25H,2-5,8-12,24H2,1H3,(H,26,29)(H,30,31). The number of carboxylic acid groups (broad SMARTS) is 1. The summed E-state index contributed by atoms with van der Waals surface area (Å²) in [7, 11) is 0. The lowest BCUT2D eigenvalue weighted by Gasteiger charge is -2.37. The third-order valence-electron chi connectivity index (χ3n) is 6.71. The molecule has 0 aromatic carbocycles. The van der Waals surface area contributed by atoms with Crippen LogP contribution >= 0.6 is 0 Å². The highest BCUT2D eigenvalue weighted by molar-refractivity contribution is 6.00. The third kappa shape index (κ3) is 5.29. The van der Waals surface area contributed by atoms with Crippen molar-refractivity contribution in [1.82, 2.24) is 15.5 Å². The zero-order valence-corrected chi connectivity index (χ0v) is 18.8. The minimum absolute atomic E-state index is 0.0197. The Hall–Kier alpha value is -2.69. The van der Waals surface area contributed by atoms with Crippen molar-refractivity contribution in [2.75, 3.05) is 32.8 Å². The Labute approximate surface area is 192 Å². The minimum Gasteiger partial charge on any atom is -0.478 e. The van der Waals surface area contributed by atoms with Crippen LogP contribution in [0.1, 0.15) is 32.6 Å². The maximum absolute atomic E-state index is 12.7. The molecule has 4 rings (SSSR count). The van der Waals surface area contributed by atoms with Crippen LogP contribution in [0.25, 0.3) is 0 Å². The zero-order valence-electron chi connectivity index (χ0n) is 18.8. The molecule has 1 amide bonds. The van der Waals surface area contributed by atoms with Gasteiger partial charge in [0.25, 0.3) is 0 Å². The maximum atomic E-state index is 12.7. The van der Waals surface area contributed by atoms with Gasteiger partial charge in [-0.05, 0) is 38.7 Å². The molecule has 2 aliphatic heterocycles. The summed E-state index contributed by atoms with van der Waals surface area (Å²) in [6.45, 7) is 4.89. The number of carbonyl (C=O) groups is 3. The molecule has 0 bridgehead atoms. The smallest absolute Gasteiger partial charge is 0.339 e. The van der Waals surface area contributed by atoms with E-state index in [1.165, 1.54) is 6.08 Å². The fourth-order valence-electron chi connectivity index (χ4n) is 4.97. The van der Waals surface area contributed by atoms with Crippen LogP contribution in [0, 0.1) is 0 Å². The Morgan fingerprint density at radius 2 is 1.97 bits per heavy atom. The van der Waals surface area contributed by atoms with Gasteiger partial charge in [0, 0.05) is 30.4 Å². The van der Waals surface area contributed by atoms with Gasteiger partial charge >= 0.3 is 5.97 Å². The Kier molecular flexibility index (Phi) is 7.16. The van der Waals surface area contributed by atoms with Crippen molar-refractivity contribution in [3.63, 3.8) is 0 Å². The summed E-state index contributed by atoms with van der Waals surface area (Å²) < 4.78 is 11.5. The van der Waals surface area contributed by atoms with Gasteiger partial charge in [-0.2, -0.15) is 0 Å². The first-order valence-electron chi connectivity index (χ1n) is 11.5. The number of hydrogen-bond donors (Lipinski definition) is 4. The van der Waals surface area contributed by atoms with E-state index >= 15 is 0 Å². The van der Waals surface area contributed by atoms with Crippen molar-refractivity contribution in [1.29, 1.82) is 0 Å². The maximum Gasteiger partial charge on any atom is 0.339 e. The van der Waals surface area contributed by atoms with Gasteiger partial charge in [0.1, 0.15) is 11.7 Å². The van der Waals surface area contributed by atoms with Gasteiger partial charge in [-0.25, -0.2) is 4.79 Å². The van der Waals surface area contributed by atoms with Crippen molar-refractivity contribution >= 4 is 17.7 Å². The van der Waals surface area contributed by atoms with E-state index in [4.69, 9.17) is 15.2 Å². The molecule has 4 aliphatic rings. The SMILES string of the molecule is CC1=C(C(=O)O)C(N)=C2C(C=CC(=O)C2OC2CCC(NC(=O)CN3CCOCC3)CC2)N1. The Morgan fingerprint density at radius 1 is 1.27 bits per heavy atom. The van der Waals surface area contributed by atoms with Crippen molar-refractivity contribution in [3.05, 3.63) is 34.7 Å². The first-order chi connectivity index (χ1) is 15.8. The largest absolute Gasteiger partial charge is 0.478 e. The molecule has 180 valence electrons. The lowest BCUT2D eigenvalue weighted by Crippen LogP contribution is -2.49. The first-order valence-corrected chi connectivity index (χ1v) is 11.5. The number of hydrogen-bond acceptors (Lipinski definition) is 8. The van der Waals surface area contributed by atoms with E-state index in [2.05, 4.69) is 15.5 Å². The number of amides is 1. The molecule has 0 spiro atoms. The number of dihydropyridines is 1. The summed E-state index contributed by atoms with van der Waals surface area (Å²) in [6, 6.07) is -0.287.